The fourth-order valence-corrected chi connectivity index (χ4v) is 2.05. The van der Waals surface area contributed by atoms with Crippen LogP contribution in [0.4, 0.5) is 18.9 Å². The number of phenolic OH excluding ortho intramolecular Hbond substituents is 1. The van der Waals surface area contributed by atoms with Crippen LogP contribution >= 0.6 is 0 Å². The lowest BCUT2D eigenvalue weighted by molar-refractivity contribution is -0.386. The van der Waals surface area contributed by atoms with Gasteiger partial charge in [-0.1, -0.05) is 6.07 Å². The van der Waals surface area contributed by atoms with Gasteiger partial charge in [0.05, 0.1) is 23.8 Å². The van der Waals surface area contributed by atoms with Crippen molar-refractivity contribution in [1.82, 2.24) is 5.43 Å². The second-order valence-electron chi connectivity index (χ2n) is 5.13. The molecular weight excluding hydrogens is 371 g/mol. The van der Waals surface area contributed by atoms with E-state index in [1.807, 2.05) is 5.43 Å². The number of aromatic hydroxyl groups is 1. The van der Waals surface area contributed by atoms with Gasteiger partial charge in [-0.3, -0.25) is 14.9 Å². The van der Waals surface area contributed by atoms with Gasteiger partial charge in [0.15, 0.2) is 5.75 Å². The molecule has 0 heterocycles. The molecular formula is C16H12F3N3O5. The van der Waals surface area contributed by atoms with Crippen LogP contribution in [0, 0.1) is 10.1 Å². The summed E-state index contributed by atoms with van der Waals surface area (Å²) >= 11 is 0. The van der Waals surface area contributed by atoms with Gasteiger partial charge in [-0.25, -0.2) is 5.43 Å². The SMILES string of the molecule is COc1cc(C=NNC(=O)c2cccc(C(F)(F)F)c2)cc([N+](=O)[O-])c1O. The van der Waals surface area contributed by atoms with Crippen molar-refractivity contribution < 1.29 is 32.7 Å². The zero-order chi connectivity index (χ0) is 20.2. The molecule has 0 aromatic heterocycles. The average Bonchev–Trinajstić information content (AvgIpc) is 2.61. The summed E-state index contributed by atoms with van der Waals surface area (Å²) in [4.78, 5) is 22.0. The number of carbonyl (C=O) groups is 1. The van der Waals surface area contributed by atoms with Gasteiger partial charge in [-0.05, 0) is 24.3 Å². The van der Waals surface area contributed by atoms with E-state index in [2.05, 4.69) is 5.10 Å². The van der Waals surface area contributed by atoms with E-state index in [0.717, 1.165) is 24.4 Å². The number of nitrogens with one attached hydrogen (secondary N) is 1. The second kappa shape index (κ2) is 7.72. The quantitative estimate of drug-likeness (QED) is 0.468. The Morgan fingerprint density at radius 1 is 1.33 bits per heavy atom. The molecule has 0 aliphatic rings. The molecule has 0 radical (unpaired) electrons. The smallest absolute Gasteiger partial charge is 0.416 e. The standard InChI is InChI=1S/C16H12F3N3O5/c1-27-13-6-9(5-12(14(13)23)22(25)26)8-20-21-15(24)10-3-2-4-11(7-10)16(17,18)19/h2-8,23H,1H3,(H,21,24). The van der Waals surface area contributed by atoms with Gasteiger partial charge < -0.3 is 9.84 Å². The van der Waals surface area contributed by atoms with Crippen molar-refractivity contribution in [2.45, 2.75) is 6.18 Å². The number of halogens is 3. The number of carbonyl (C=O) groups excluding carboxylic acids is 1. The largest absolute Gasteiger partial charge is 0.500 e. The monoisotopic (exact) mass is 383 g/mol. The Kier molecular flexibility index (Phi) is 5.63. The second-order valence-corrected chi connectivity index (χ2v) is 5.13. The van der Waals surface area contributed by atoms with Crippen LogP contribution < -0.4 is 10.2 Å². The van der Waals surface area contributed by atoms with Gasteiger partial charge >= 0.3 is 11.9 Å². The summed E-state index contributed by atoms with van der Waals surface area (Å²) in [7, 11) is 1.19. The summed E-state index contributed by atoms with van der Waals surface area (Å²) in [5, 5.41) is 24.1. The number of alkyl halides is 3. The first-order valence-corrected chi connectivity index (χ1v) is 7.19. The number of ether oxygens (including phenoxy) is 1. The number of nitro benzene ring substituents is 1. The molecule has 0 unspecified atom stereocenters. The molecule has 0 aliphatic heterocycles. The molecule has 0 aliphatic carbocycles. The predicted octanol–water partition coefficient (Wildman–Crippen LogP) is 3.09. The Bertz CT molecular complexity index is 913. The fraction of sp³-hybridized carbons (Fsp3) is 0.125. The van der Waals surface area contributed by atoms with E-state index in [4.69, 9.17) is 4.74 Å². The molecule has 8 nitrogen and oxygen atoms in total. The molecule has 2 rings (SSSR count). The minimum absolute atomic E-state index is 0.112. The topological polar surface area (TPSA) is 114 Å². The van der Waals surface area contributed by atoms with Gasteiger partial charge in [0.25, 0.3) is 5.91 Å². The van der Waals surface area contributed by atoms with E-state index < -0.39 is 34.0 Å². The molecule has 0 bridgehead atoms. The predicted molar refractivity (Wildman–Crippen MR) is 87.8 cm³/mol. The molecule has 27 heavy (non-hydrogen) atoms. The summed E-state index contributed by atoms with van der Waals surface area (Å²) in [6.07, 6.45) is -3.58. The normalized spacial score (nSPS) is 11.4. The highest BCUT2D eigenvalue weighted by molar-refractivity contribution is 5.95. The van der Waals surface area contributed by atoms with Crippen molar-refractivity contribution >= 4 is 17.8 Å². The third-order valence-corrected chi connectivity index (χ3v) is 3.33. The zero-order valence-electron chi connectivity index (χ0n) is 13.6. The summed E-state index contributed by atoms with van der Waals surface area (Å²) in [6, 6.07) is 5.95. The number of nitrogens with zero attached hydrogens (tertiary/aromatic N) is 2. The minimum Gasteiger partial charge on any atom is -0.500 e. The van der Waals surface area contributed by atoms with Crippen LogP contribution in [0.2, 0.25) is 0 Å². The van der Waals surface area contributed by atoms with E-state index in [0.29, 0.717) is 6.07 Å². The summed E-state index contributed by atoms with van der Waals surface area (Å²) in [5.41, 5.74) is 0.234. The number of nitro groups is 1. The number of hydrogen-bond acceptors (Lipinski definition) is 6. The van der Waals surface area contributed by atoms with Crippen molar-refractivity contribution in [2.24, 2.45) is 5.10 Å². The van der Waals surface area contributed by atoms with E-state index in [1.165, 1.54) is 19.2 Å². The summed E-state index contributed by atoms with van der Waals surface area (Å²) in [6.45, 7) is 0. The first kappa shape index (κ1) is 19.7. The van der Waals surface area contributed by atoms with Crippen LogP contribution in [-0.4, -0.2) is 29.3 Å². The molecule has 0 saturated carbocycles. The highest BCUT2D eigenvalue weighted by Gasteiger charge is 2.30. The molecule has 1 amide bonds. The summed E-state index contributed by atoms with van der Waals surface area (Å²) < 4.78 is 42.8. The Morgan fingerprint density at radius 2 is 2.04 bits per heavy atom. The first-order chi connectivity index (χ1) is 12.6. The third kappa shape index (κ3) is 4.71. The average molecular weight is 383 g/mol. The van der Waals surface area contributed by atoms with Crippen LogP contribution in [0.15, 0.2) is 41.5 Å². The number of phenols is 1. The molecule has 2 aromatic rings. The van der Waals surface area contributed by atoms with Gasteiger partial charge in [-0.15, -0.1) is 0 Å². The van der Waals surface area contributed by atoms with Gasteiger partial charge in [0, 0.05) is 17.2 Å². The maximum absolute atomic E-state index is 12.7. The number of hydrogen-bond donors (Lipinski definition) is 2. The zero-order valence-corrected chi connectivity index (χ0v) is 13.6. The molecule has 2 N–H and O–H groups in total. The lowest BCUT2D eigenvalue weighted by Gasteiger charge is -2.07. The molecule has 2 aromatic carbocycles. The van der Waals surface area contributed by atoms with Crippen LogP contribution in [0.25, 0.3) is 0 Å². The van der Waals surface area contributed by atoms with Gasteiger partial charge in [0.1, 0.15) is 0 Å². The van der Waals surface area contributed by atoms with E-state index in [9.17, 15) is 33.2 Å². The molecule has 11 heteroatoms. The van der Waals surface area contributed by atoms with Crippen molar-refractivity contribution in [3.05, 3.63) is 63.2 Å². The molecule has 0 atom stereocenters. The van der Waals surface area contributed by atoms with Gasteiger partial charge in [-0.2, -0.15) is 18.3 Å². The number of hydrazone groups is 1. The number of rotatable bonds is 5. The fourth-order valence-electron chi connectivity index (χ4n) is 2.05. The van der Waals surface area contributed by atoms with E-state index in [1.54, 1.807) is 0 Å². The molecule has 0 fully saturated rings. The van der Waals surface area contributed by atoms with Crippen LogP contribution in [-0.2, 0) is 6.18 Å². The Morgan fingerprint density at radius 3 is 2.63 bits per heavy atom. The highest BCUT2D eigenvalue weighted by atomic mass is 19.4. The van der Waals surface area contributed by atoms with Gasteiger partial charge in [0.2, 0.25) is 5.75 Å². The lowest BCUT2D eigenvalue weighted by Crippen LogP contribution is -2.18. The molecule has 142 valence electrons. The van der Waals surface area contributed by atoms with Crippen molar-refractivity contribution in [1.29, 1.82) is 0 Å². The first-order valence-electron chi connectivity index (χ1n) is 7.19. The number of benzene rings is 2. The Hall–Kier alpha value is -3.63. The van der Waals surface area contributed by atoms with Crippen LogP contribution in [0.1, 0.15) is 21.5 Å². The number of amides is 1. The molecule has 0 saturated heterocycles. The minimum atomic E-state index is -4.60. The summed E-state index contributed by atoms with van der Waals surface area (Å²) in [5.74, 6) is -1.76. The third-order valence-electron chi connectivity index (χ3n) is 3.33. The van der Waals surface area contributed by atoms with Crippen LogP contribution in [0.5, 0.6) is 11.5 Å². The lowest BCUT2D eigenvalue weighted by atomic mass is 10.1. The van der Waals surface area contributed by atoms with Crippen LogP contribution in [0.3, 0.4) is 0 Å². The van der Waals surface area contributed by atoms with Crippen molar-refractivity contribution in [3.8, 4) is 11.5 Å². The highest BCUT2D eigenvalue weighted by Crippen LogP contribution is 2.36. The maximum Gasteiger partial charge on any atom is 0.416 e. The Labute approximate surface area is 150 Å². The Balaban J connectivity index is 2.19. The van der Waals surface area contributed by atoms with Crippen molar-refractivity contribution in [3.63, 3.8) is 0 Å². The van der Waals surface area contributed by atoms with E-state index in [-0.39, 0.29) is 16.9 Å². The van der Waals surface area contributed by atoms with E-state index >= 15 is 0 Å². The maximum atomic E-state index is 12.7. The number of methoxy groups -OCH3 is 1. The molecule has 0 spiro atoms. The van der Waals surface area contributed by atoms with Crippen molar-refractivity contribution in [2.75, 3.05) is 7.11 Å².